The van der Waals surface area contributed by atoms with E-state index in [1.807, 2.05) is 19.2 Å². The summed E-state index contributed by atoms with van der Waals surface area (Å²) in [6.07, 6.45) is 7.02. The van der Waals surface area contributed by atoms with Gasteiger partial charge in [0.05, 0.1) is 5.60 Å². The number of rotatable bonds is 8. The van der Waals surface area contributed by atoms with Crippen molar-refractivity contribution in [3.8, 4) is 0 Å². The molecule has 112 valence electrons. The Morgan fingerprint density at radius 1 is 1.30 bits per heavy atom. The van der Waals surface area contributed by atoms with Crippen LogP contribution in [-0.2, 0) is 11.2 Å². The summed E-state index contributed by atoms with van der Waals surface area (Å²) in [5, 5.41) is 4.48. The first-order valence-corrected chi connectivity index (χ1v) is 8.08. The minimum Gasteiger partial charge on any atom is -0.378 e. The molecule has 2 rings (SSSR count). The first-order valence-electron chi connectivity index (χ1n) is 7.70. The maximum atomic E-state index is 5.96. The van der Waals surface area contributed by atoms with Crippen molar-refractivity contribution in [2.24, 2.45) is 0 Å². The van der Waals surface area contributed by atoms with Gasteiger partial charge in [-0.15, -0.1) is 0 Å². The molecule has 0 radical (unpaired) electrons. The van der Waals surface area contributed by atoms with E-state index in [1.54, 1.807) is 0 Å². The van der Waals surface area contributed by atoms with E-state index in [1.165, 1.54) is 24.8 Å². The predicted molar refractivity (Wildman–Crippen MR) is 85.4 cm³/mol. The molecule has 0 heterocycles. The van der Waals surface area contributed by atoms with Crippen molar-refractivity contribution >= 4 is 11.6 Å². The lowest BCUT2D eigenvalue weighted by atomic mass is 9.75. The van der Waals surface area contributed by atoms with Gasteiger partial charge in [0.15, 0.2) is 0 Å². The van der Waals surface area contributed by atoms with Crippen molar-refractivity contribution in [2.45, 2.75) is 57.1 Å². The van der Waals surface area contributed by atoms with Crippen LogP contribution in [-0.4, -0.2) is 25.3 Å². The molecule has 3 heteroatoms. The van der Waals surface area contributed by atoms with Crippen molar-refractivity contribution in [2.75, 3.05) is 13.7 Å². The summed E-state index contributed by atoms with van der Waals surface area (Å²) in [6, 6.07) is 8.69. The van der Waals surface area contributed by atoms with Crippen molar-refractivity contribution < 1.29 is 4.74 Å². The second-order valence-corrected chi connectivity index (χ2v) is 6.36. The van der Waals surface area contributed by atoms with Gasteiger partial charge in [-0.05, 0) is 62.8 Å². The SMILES string of the molecule is CCCNC(Cc1ccc(Cl)cc1)CC1(OC)CCC1. The Kier molecular flexibility index (Phi) is 5.88. The van der Waals surface area contributed by atoms with E-state index >= 15 is 0 Å². The van der Waals surface area contributed by atoms with Crippen LogP contribution in [0.5, 0.6) is 0 Å². The van der Waals surface area contributed by atoms with E-state index in [-0.39, 0.29) is 5.60 Å². The van der Waals surface area contributed by atoms with Crippen LogP contribution in [0.1, 0.15) is 44.6 Å². The number of hydrogen-bond donors (Lipinski definition) is 1. The summed E-state index contributed by atoms with van der Waals surface area (Å²) >= 11 is 5.96. The van der Waals surface area contributed by atoms with Crippen LogP contribution >= 0.6 is 11.6 Å². The summed E-state index contributed by atoms with van der Waals surface area (Å²) in [4.78, 5) is 0. The number of hydrogen-bond acceptors (Lipinski definition) is 2. The van der Waals surface area contributed by atoms with Gasteiger partial charge >= 0.3 is 0 Å². The Balaban J connectivity index is 1.97. The molecule has 1 saturated carbocycles. The average molecular weight is 296 g/mol. The van der Waals surface area contributed by atoms with Crippen LogP contribution in [0.2, 0.25) is 5.02 Å². The Morgan fingerprint density at radius 3 is 2.50 bits per heavy atom. The van der Waals surface area contributed by atoms with Gasteiger partial charge in [0.2, 0.25) is 0 Å². The summed E-state index contributed by atoms with van der Waals surface area (Å²) in [5.74, 6) is 0. The first kappa shape index (κ1) is 15.8. The minimum absolute atomic E-state index is 0.123. The van der Waals surface area contributed by atoms with Crippen LogP contribution in [0.15, 0.2) is 24.3 Å². The number of benzene rings is 1. The molecule has 1 aliphatic carbocycles. The van der Waals surface area contributed by atoms with Gasteiger partial charge in [-0.2, -0.15) is 0 Å². The van der Waals surface area contributed by atoms with Gasteiger partial charge in [0.25, 0.3) is 0 Å². The van der Waals surface area contributed by atoms with E-state index in [0.29, 0.717) is 6.04 Å². The molecule has 2 nitrogen and oxygen atoms in total. The molecule has 0 aromatic heterocycles. The Morgan fingerprint density at radius 2 is 2.00 bits per heavy atom. The van der Waals surface area contributed by atoms with Crippen LogP contribution in [0.4, 0.5) is 0 Å². The zero-order valence-electron chi connectivity index (χ0n) is 12.6. The molecule has 20 heavy (non-hydrogen) atoms. The lowest BCUT2D eigenvalue weighted by Gasteiger charge is -2.43. The van der Waals surface area contributed by atoms with E-state index in [2.05, 4.69) is 24.4 Å². The maximum Gasteiger partial charge on any atom is 0.0693 e. The highest BCUT2D eigenvalue weighted by molar-refractivity contribution is 6.30. The predicted octanol–water partition coefficient (Wildman–Crippen LogP) is 4.21. The Hall–Kier alpha value is -0.570. The van der Waals surface area contributed by atoms with E-state index in [0.717, 1.165) is 30.8 Å². The fraction of sp³-hybridized carbons (Fsp3) is 0.647. The topological polar surface area (TPSA) is 21.3 Å². The lowest BCUT2D eigenvalue weighted by molar-refractivity contribution is -0.0834. The molecule has 1 N–H and O–H groups in total. The number of nitrogens with one attached hydrogen (secondary N) is 1. The summed E-state index contributed by atoms with van der Waals surface area (Å²) in [5.41, 5.74) is 1.46. The van der Waals surface area contributed by atoms with Gasteiger partial charge in [-0.1, -0.05) is 30.7 Å². The standard InChI is InChI=1S/C17H26ClNO/c1-3-11-19-16(13-17(20-2)9-4-10-17)12-14-5-7-15(18)8-6-14/h5-8,16,19H,3-4,9-13H2,1-2H3. The first-order chi connectivity index (χ1) is 9.67. The van der Waals surface area contributed by atoms with E-state index < -0.39 is 0 Å². The third kappa shape index (κ3) is 4.21. The van der Waals surface area contributed by atoms with Gasteiger partial charge in [-0.25, -0.2) is 0 Å². The van der Waals surface area contributed by atoms with Gasteiger partial charge in [0, 0.05) is 18.2 Å². The quantitative estimate of drug-likeness (QED) is 0.776. The number of ether oxygens (including phenoxy) is 1. The van der Waals surface area contributed by atoms with Gasteiger partial charge in [0.1, 0.15) is 0 Å². The van der Waals surface area contributed by atoms with Crippen molar-refractivity contribution in [3.05, 3.63) is 34.9 Å². The van der Waals surface area contributed by atoms with Crippen LogP contribution < -0.4 is 5.32 Å². The monoisotopic (exact) mass is 295 g/mol. The highest BCUT2D eigenvalue weighted by atomic mass is 35.5. The zero-order valence-corrected chi connectivity index (χ0v) is 13.4. The van der Waals surface area contributed by atoms with E-state index in [9.17, 15) is 0 Å². The summed E-state index contributed by atoms with van der Waals surface area (Å²) in [6.45, 7) is 3.28. The molecule has 0 saturated heterocycles. The van der Waals surface area contributed by atoms with Crippen molar-refractivity contribution in [1.82, 2.24) is 5.32 Å². The Labute approximate surface area is 127 Å². The smallest absolute Gasteiger partial charge is 0.0693 e. The third-order valence-corrected chi connectivity index (χ3v) is 4.65. The molecule has 1 unspecified atom stereocenters. The summed E-state index contributed by atoms with van der Waals surface area (Å²) < 4.78 is 5.78. The Bertz CT molecular complexity index is 394. The molecule has 0 aliphatic heterocycles. The van der Waals surface area contributed by atoms with Crippen LogP contribution in [0, 0.1) is 0 Å². The summed E-state index contributed by atoms with van der Waals surface area (Å²) in [7, 11) is 1.86. The fourth-order valence-corrected chi connectivity index (χ4v) is 3.11. The second kappa shape index (κ2) is 7.44. The maximum absolute atomic E-state index is 5.96. The third-order valence-electron chi connectivity index (χ3n) is 4.39. The normalized spacial score (nSPS) is 18.6. The highest BCUT2D eigenvalue weighted by Gasteiger charge is 2.38. The molecular formula is C17H26ClNO. The second-order valence-electron chi connectivity index (χ2n) is 5.93. The van der Waals surface area contributed by atoms with Crippen molar-refractivity contribution in [3.63, 3.8) is 0 Å². The molecule has 1 fully saturated rings. The molecule has 1 atom stereocenters. The zero-order chi connectivity index (χ0) is 14.4. The van der Waals surface area contributed by atoms with Crippen LogP contribution in [0.25, 0.3) is 0 Å². The number of methoxy groups -OCH3 is 1. The molecule has 0 amide bonds. The van der Waals surface area contributed by atoms with Gasteiger partial charge in [-0.3, -0.25) is 0 Å². The molecule has 1 aromatic carbocycles. The molecular weight excluding hydrogens is 270 g/mol. The lowest BCUT2D eigenvalue weighted by Crippen LogP contribution is -2.46. The fourth-order valence-electron chi connectivity index (χ4n) is 2.98. The van der Waals surface area contributed by atoms with Crippen LogP contribution in [0.3, 0.4) is 0 Å². The molecule has 1 aliphatic rings. The van der Waals surface area contributed by atoms with E-state index in [4.69, 9.17) is 16.3 Å². The largest absolute Gasteiger partial charge is 0.378 e. The highest BCUT2D eigenvalue weighted by Crippen LogP contribution is 2.39. The van der Waals surface area contributed by atoms with Gasteiger partial charge < -0.3 is 10.1 Å². The molecule has 0 bridgehead atoms. The molecule has 0 spiro atoms. The average Bonchev–Trinajstić information content (AvgIpc) is 2.42. The minimum atomic E-state index is 0.123. The number of halogens is 1. The van der Waals surface area contributed by atoms with Crippen molar-refractivity contribution in [1.29, 1.82) is 0 Å². The molecule has 1 aromatic rings.